The number of aliphatic hydroxyl groups is 6. The molecule has 238 valence electrons. The summed E-state index contributed by atoms with van der Waals surface area (Å²) in [5, 5.41) is 67.3. The van der Waals surface area contributed by atoms with Crippen LogP contribution in [0.2, 0.25) is 0 Å². The quantitative estimate of drug-likeness (QED) is 0.0734. The van der Waals surface area contributed by atoms with Gasteiger partial charge in [-0.05, 0) is 12.8 Å². The van der Waals surface area contributed by atoms with Crippen LogP contribution in [0.15, 0.2) is 12.7 Å². The summed E-state index contributed by atoms with van der Waals surface area (Å²) in [5.41, 5.74) is 13.1. The first kappa shape index (κ1) is 30.0. The first-order valence-electron chi connectivity index (χ1n) is 13.9. The van der Waals surface area contributed by atoms with Gasteiger partial charge in [0.1, 0.15) is 49.3 Å². The lowest BCUT2D eigenvalue weighted by molar-refractivity contribution is -0.0501. The molecule has 0 saturated carbocycles. The van der Waals surface area contributed by atoms with E-state index < -0.39 is 62.3 Å². The van der Waals surface area contributed by atoms with Gasteiger partial charge in [0.2, 0.25) is 11.9 Å². The number of hydrogen-bond acceptors (Lipinski definition) is 18. The number of nitrogens with two attached hydrogens (primary N) is 2. The molecule has 8 atom stereocenters. The van der Waals surface area contributed by atoms with E-state index in [1.54, 1.807) is 0 Å². The molecule has 6 heterocycles. The third-order valence-electron chi connectivity index (χ3n) is 7.72. The molecule has 12 N–H and O–H groups in total. The number of fused-ring (bicyclic) bond motifs is 2. The molecule has 4 aromatic heterocycles. The molecule has 8 unspecified atom stereocenters. The second-order valence-corrected chi connectivity index (χ2v) is 10.5. The first-order chi connectivity index (χ1) is 21.2. The average molecular weight is 619 g/mol. The number of aromatic nitrogens is 8. The van der Waals surface area contributed by atoms with Crippen molar-refractivity contribution in [2.45, 2.75) is 61.9 Å². The number of rotatable bonds is 11. The van der Waals surface area contributed by atoms with Crippen molar-refractivity contribution in [2.75, 3.05) is 48.4 Å². The number of nitrogens with zero attached hydrogens (tertiary/aromatic N) is 8. The van der Waals surface area contributed by atoms with Gasteiger partial charge in [-0.1, -0.05) is 0 Å². The fourth-order valence-corrected chi connectivity index (χ4v) is 5.42. The maximum absolute atomic E-state index is 10.6. The average Bonchev–Trinajstić information content (AvgIpc) is 3.73. The Balaban J connectivity index is 1.14. The molecule has 0 radical (unpaired) electrons. The number of hydrogen-bond donors (Lipinski definition) is 10. The summed E-state index contributed by atoms with van der Waals surface area (Å²) in [5.74, 6) is 0.788. The Bertz CT molecular complexity index is 1500. The SMILES string of the molecule is Nc1ncnc2c1nc(NCCCCNc1nc3c(N)ncnc3n1C1OC(CO)C(O)C1O)n2C1OC(CO)C(O)C1O. The van der Waals surface area contributed by atoms with Gasteiger partial charge in [0.05, 0.1) is 13.2 Å². The van der Waals surface area contributed by atoms with Crippen molar-refractivity contribution in [3.63, 3.8) is 0 Å². The van der Waals surface area contributed by atoms with Crippen LogP contribution in [0.3, 0.4) is 0 Å². The Morgan fingerprint density at radius 2 is 1.07 bits per heavy atom. The minimum absolute atomic E-state index is 0.121. The van der Waals surface area contributed by atoms with Gasteiger partial charge in [0, 0.05) is 13.1 Å². The van der Waals surface area contributed by atoms with Crippen molar-refractivity contribution in [1.82, 2.24) is 39.0 Å². The van der Waals surface area contributed by atoms with E-state index in [4.69, 9.17) is 20.9 Å². The molecule has 44 heavy (non-hydrogen) atoms. The van der Waals surface area contributed by atoms with E-state index in [1.165, 1.54) is 21.8 Å². The smallest absolute Gasteiger partial charge is 0.207 e. The summed E-state index contributed by atoms with van der Waals surface area (Å²) < 4.78 is 14.4. The zero-order valence-corrected chi connectivity index (χ0v) is 23.2. The van der Waals surface area contributed by atoms with E-state index in [0.29, 0.717) is 25.9 Å². The van der Waals surface area contributed by atoms with Gasteiger partial charge in [0.15, 0.2) is 46.4 Å². The Labute approximate surface area is 248 Å². The molecule has 4 aromatic rings. The summed E-state index contributed by atoms with van der Waals surface area (Å²) in [7, 11) is 0. The summed E-state index contributed by atoms with van der Waals surface area (Å²) in [4.78, 5) is 25.4. The molecule has 0 aliphatic carbocycles. The van der Waals surface area contributed by atoms with E-state index >= 15 is 0 Å². The van der Waals surface area contributed by atoms with Crippen molar-refractivity contribution in [3.8, 4) is 0 Å². The largest absolute Gasteiger partial charge is 0.394 e. The zero-order valence-electron chi connectivity index (χ0n) is 23.2. The number of nitrogens with one attached hydrogen (secondary N) is 2. The third kappa shape index (κ3) is 5.09. The van der Waals surface area contributed by atoms with Crippen LogP contribution in [0.4, 0.5) is 23.5 Å². The summed E-state index contributed by atoms with van der Waals surface area (Å²) in [6.45, 7) is -0.154. The van der Waals surface area contributed by atoms with Crippen LogP contribution in [0.1, 0.15) is 25.3 Å². The molecule has 20 heteroatoms. The van der Waals surface area contributed by atoms with Gasteiger partial charge in [-0.25, -0.2) is 29.9 Å². The van der Waals surface area contributed by atoms with Crippen LogP contribution < -0.4 is 22.1 Å². The van der Waals surface area contributed by atoms with Gasteiger partial charge < -0.3 is 62.2 Å². The second-order valence-electron chi connectivity index (χ2n) is 10.5. The Morgan fingerprint density at radius 1 is 0.659 bits per heavy atom. The molecule has 0 amide bonds. The van der Waals surface area contributed by atoms with Crippen LogP contribution in [0.25, 0.3) is 22.3 Å². The van der Waals surface area contributed by atoms with Crippen LogP contribution in [-0.4, -0.2) is 133 Å². The second kappa shape index (κ2) is 12.2. The number of aliphatic hydroxyl groups excluding tert-OH is 6. The lowest BCUT2D eigenvalue weighted by Crippen LogP contribution is -2.33. The highest BCUT2D eigenvalue weighted by Gasteiger charge is 2.46. The monoisotopic (exact) mass is 618 g/mol. The molecule has 2 fully saturated rings. The molecule has 20 nitrogen and oxygen atoms in total. The number of anilines is 4. The van der Waals surface area contributed by atoms with Crippen LogP contribution in [0.5, 0.6) is 0 Å². The zero-order chi connectivity index (χ0) is 31.1. The number of nitrogen functional groups attached to an aromatic ring is 2. The summed E-state index contributed by atoms with van der Waals surface area (Å²) in [6, 6.07) is 0. The van der Waals surface area contributed by atoms with Gasteiger partial charge in [0.25, 0.3) is 0 Å². The van der Waals surface area contributed by atoms with Crippen LogP contribution in [0, 0.1) is 0 Å². The number of imidazole rings is 2. The molecule has 0 aromatic carbocycles. The van der Waals surface area contributed by atoms with E-state index in [2.05, 4.69) is 40.5 Å². The minimum Gasteiger partial charge on any atom is -0.394 e. The fraction of sp³-hybridized carbons (Fsp3) is 0.583. The van der Waals surface area contributed by atoms with Crippen molar-refractivity contribution in [2.24, 2.45) is 0 Å². The first-order valence-corrected chi connectivity index (χ1v) is 13.9. The number of ether oxygens (including phenoxy) is 2. The van der Waals surface area contributed by atoms with Crippen molar-refractivity contribution in [3.05, 3.63) is 12.7 Å². The predicted octanol–water partition coefficient (Wildman–Crippen LogP) is -3.34. The van der Waals surface area contributed by atoms with Crippen molar-refractivity contribution in [1.29, 1.82) is 0 Å². The number of unbranched alkanes of at least 4 members (excludes halogenated alkanes) is 1. The summed E-state index contributed by atoms with van der Waals surface area (Å²) >= 11 is 0. The molecule has 0 spiro atoms. The molecule has 2 aliphatic heterocycles. The van der Waals surface area contributed by atoms with E-state index in [0.717, 1.165) is 0 Å². The lowest BCUT2D eigenvalue weighted by Gasteiger charge is -2.20. The molecular weight excluding hydrogens is 584 g/mol. The topological polar surface area (TPSA) is 303 Å². The maximum Gasteiger partial charge on any atom is 0.207 e. The van der Waals surface area contributed by atoms with Gasteiger partial charge in [-0.3, -0.25) is 9.13 Å². The maximum atomic E-state index is 10.6. The van der Waals surface area contributed by atoms with Crippen molar-refractivity contribution < 1.29 is 40.1 Å². The van der Waals surface area contributed by atoms with E-state index in [1.807, 2.05) is 0 Å². The fourth-order valence-electron chi connectivity index (χ4n) is 5.42. The normalized spacial score (nSPS) is 28.8. The molecule has 0 bridgehead atoms. The lowest BCUT2D eigenvalue weighted by atomic mass is 10.1. The Morgan fingerprint density at radius 3 is 1.43 bits per heavy atom. The van der Waals surface area contributed by atoms with Gasteiger partial charge >= 0.3 is 0 Å². The van der Waals surface area contributed by atoms with E-state index in [-0.39, 0.29) is 45.9 Å². The van der Waals surface area contributed by atoms with Crippen molar-refractivity contribution >= 4 is 45.9 Å². The molecule has 2 aliphatic rings. The van der Waals surface area contributed by atoms with Gasteiger partial charge in [-0.2, -0.15) is 0 Å². The van der Waals surface area contributed by atoms with E-state index in [9.17, 15) is 30.6 Å². The predicted molar refractivity (Wildman–Crippen MR) is 152 cm³/mol. The van der Waals surface area contributed by atoms with Crippen LogP contribution >= 0.6 is 0 Å². The Hall–Kier alpha value is -4.02. The Kier molecular flexibility index (Phi) is 8.30. The highest BCUT2D eigenvalue weighted by molar-refractivity contribution is 5.84. The van der Waals surface area contributed by atoms with Crippen LogP contribution in [-0.2, 0) is 9.47 Å². The molecule has 6 rings (SSSR count). The highest BCUT2D eigenvalue weighted by atomic mass is 16.6. The van der Waals surface area contributed by atoms with Gasteiger partial charge in [-0.15, -0.1) is 0 Å². The summed E-state index contributed by atoms with van der Waals surface area (Å²) in [6.07, 6.45) is -5.81. The molecular formula is C24H34N12O8. The minimum atomic E-state index is -1.36. The molecule has 2 saturated heterocycles. The highest BCUT2D eigenvalue weighted by Crippen LogP contribution is 2.36. The third-order valence-corrected chi connectivity index (χ3v) is 7.72. The standard InChI is InChI=1S/C24H34N12O8/c25-17-11-19(31-7-29-17)35(21-15(41)13(39)9(5-37)43-21)23(33-11)27-3-1-2-4-28-24-34-12-18(26)30-8-32-20(12)36(24)22-16(42)14(40)10(6-38)44-22/h7-10,13-16,21-22,37-42H,1-6H2,(H,27,33)(H,28,34)(H2,25,29,31)(H2,26,30,32).